The normalized spacial score (nSPS) is 10.1. The second kappa shape index (κ2) is 3.17. The quantitative estimate of drug-likeness (QED) is 0.706. The van der Waals surface area contributed by atoms with Gasteiger partial charge in [-0.15, -0.1) is 0 Å². The van der Waals surface area contributed by atoms with Crippen molar-refractivity contribution in [3.05, 3.63) is 32.9 Å². The number of aromatic nitrogens is 1. The van der Waals surface area contributed by atoms with E-state index in [4.69, 9.17) is 0 Å². The molecule has 0 fully saturated rings. The van der Waals surface area contributed by atoms with Crippen LogP contribution in [0, 0.1) is 5.82 Å². The van der Waals surface area contributed by atoms with Crippen LogP contribution in [0.25, 0.3) is 0 Å². The third-order valence-electron chi connectivity index (χ3n) is 1.35. The Bertz CT molecular complexity index is 321. The SMILES string of the molecule is CCn1cc(Br)cc(F)c1=O. The lowest BCUT2D eigenvalue weighted by molar-refractivity contribution is 0.574. The zero-order chi connectivity index (χ0) is 8.43. The van der Waals surface area contributed by atoms with E-state index in [1.807, 2.05) is 0 Å². The van der Waals surface area contributed by atoms with Gasteiger partial charge in [0, 0.05) is 17.2 Å². The molecule has 0 aliphatic heterocycles. The fraction of sp³-hybridized carbons (Fsp3) is 0.286. The van der Waals surface area contributed by atoms with E-state index in [2.05, 4.69) is 15.9 Å². The molecule has 0 atom stereocenters. The summed E-state index contributed by atoms with van der Waals surface area (Å²) in [4.78, 5) is 10.9. The van der Waals surface area contributed by atoms with Crippen LogP contribution in [0.3, 0.4) is 0 Å². The van der Waals surface area contributed by atoms with E-state index in [-0.39, 0.29) is 0 Å². The topological polar surface area (TPSA) is 22.0 Å². The van der Waals surface area contributed by atoms with Crippen LogP contribution in [0.15, 0.2) is 21.5 Å². The highest BCUT2D eigenvalue weighted by Crippen LogP contribution is 2.07. The van der Waals surface area contributed by atoms with Gasteiger partial charge in [0.2, 0.25) is 0 Å². The second-order valence-electron chi connectivity index (χ2n) is 2.10. The zero-order valence-corrected chi connectivity index (χ0v) is 7.56. The number of halogens is 2. The molecule has 0 saturated heterocycles. The van der Waals surface area contributed by atoms with Crippen LogP contribution < -0.4 is 5.56 Å². The van der Waals surface area contributed by atoms with Crippen molar-refractivity contribution in [2.24, 2.45) is 0 Å². The third-order valence-corrected chi connectivity index (χ3v) is 1.78. The molecule has 0 bridgehead atoms. The van der Waals surface area contributed by atoms with Crippen molar-refractivity contribution in [2.75, 3.05) is 0 Å². The molecule has 4 heteroatoms. The van der Waals surface area contributed by atoms with Crippen molar-refractivity contribution >= 4 is 15.9 Å². The minimum absolute atomic E-state index is 0.481. The van der Waals surface area contributed by atoms with Crippen LogP contribution in [0.2, 0.25) is 0 Å². The maximum atomic E-state index is 12.7. The Hall–Kier alpha value is -0.640. The molecule has 1 rings (SSSR count). The van der Waals surface area contributed by atoms with Gasteiger partial charge in [0.15, 0.2) is 5.82 Å². The number of hydrogen-bond acceptors (Lipinski definition) is 1. The molecule has 60 valence electrons. The lowest BCUT2D eigenvalue weighted by Gasteiger charge is -2.00. The molecule has 1 aromatic heterocycles. The van der Waals surface area contributed by atoms with Gasteiger partial charge in [0.1, 0.15) is 0 Å². The second-order valence-corrected chi connectivity index (χ2v) is 3.01. The summed E-state index contributed by atoms with van der Waals surface area (Å²) < 4.78 is 14.5. The van der Waals surface area contributed by atoms with E-state index in [0.29, 0.717) is 11.0 Å². The van der Waals surface area contributed by atoms with Gasteiger partial charge in [-0.2, -0.15) is 0 Å². The fourth-order valence-electron chi connectivity index (χ4n) is 0.800. The van der Waals surface area contributed by atoms with Crippen LogP contribution in [0.1, 0.15) is 6.92 Å². The van der Waals surface area contributed by atoms with Gasteiger partial charge < -0.3 is 4.57 Å². The first-order valence-corrected chi connectivity index (χ1v) is 4.00. The van der Waals surface area contributed by atoms with E-state index < -0.39 is 11.4 Å². The average molecular weight is 220 g/mol. The fourth-order valence-corrected chi connectivity index (χ4v) is 1.25. The first kappa shape index (κ1) is 8.46. The Morgan fingerprint density at radius 2 is 2.36 bits per heavy atom. The molecule has 0 saturated carbocycles. The van der Waals surface area contributed by atoms with E-state index >= 15 is 0 Å². The standard InChI is InChI=1S/C7H7BrFNO/c1-2-10-4-5(8)3-6(9)7(10)11/h3-4H,2H2,1H3. The largest absolute Gasteiger partial charge is 0.312 e. The number of nitrogens with zero attached hydrogens (tertiary/aromatic N) is 1. The number of hydrogen-bond donors (Lipinski definition) is 0. The Morgan fingerprint density at radius 3 is 2.91 bits per heavy atom. The molecular formula is C7H7BrFNO. The molecule has 0 N–H and O–H groups in total. The smallest absolute Gasteiger partial charge is 0.286 e. The van der Waals surface area contributed by atoms with Gasteiger partial charge in [0.05, 0.1) is 0 Å². The lowest BCUT2D eigenvalue weighted by Crippen LogP contribution is -2.21. The van der Waals surface area contributed by atoms with E-state index in [9.17, 15) is 9.18 Å². The van der Waals surface area contributed by atoms with Crippen molar-refractivity contribution in [1.29, 1.82) is 0 Å². The lowest BCUT2D eigenvalue weighted by atomic mass is 10.4. The van der Waals surface area contributed by atoms with Crippen molar-refractivity contribution in [3.63, 3.8) is 0 Å². The van der Waals surface area contributed by atoms with Crippen LogP contribution >= 0.6 is 15.9 Å². The monoisotopic (exact) mass is 219 g/mol. The van der Waals surface area contributed by atoms with Crippen LogP contribution in [0.5, 0.6) is 0 Å². The summed E-state index contributed by atoms with van der Waals surface area (Å²) in [7, 11) is 0. The van der Waals surface area contributed by atoms with Gasteiger partial charge in [-0.3, -0.25) is 4.79 Å². The minimum Gasteiger partial charge on any atom is -0.312 e. The molecule has 0 amide bonds. The molecule has 1 heterocycles. The van der Waals surface area contributed by atoms with Crippen molar-refractivity contribution in [3.8, 4) is 0 Å². The first-order chi connectivity index (χ1) is 5.15. The van der Waals surface area contributed by atoms with Gasteiger partial charge in [-0.1, -0.05) is 0 Å². The maximum Gasteiger partial charge on any atom is 0.286 e. The molecule has 0 unspecified atom stereocenters. The molecular weight excluding hydrogens is 213 g/mol. The summed E-state index contributed by atoms with van der Waals surface area (Å²) in [6, 6.07) is 1.16. The molecule has 2 nitrogen and oxygen atoms in total. The highest BCUT2D eigenvalue weighted by molar-refractivity contribution is 9.10. The molecule has 0 aromatic carbocycles. The Labute approximate surface area is 71.8 Å². The van der Waals surface area contributed by atoms with Gasteiger partial charge >= 0.3 is 0 Å². The summed E-state index contributed by atoms with van der Waals surface area (Å²) in [5.74, 6) is -0.721. The van der Waals surface area contributed by atoms with Crippen molar-refractivity contribution in [1.82, 2.24) is 4.57 Å². The molecule has 0 radical (unpaired) electrons. The summed E-state index contributed by atoms with van der Waals surface area (Å²) in [6.45, 7) is 2.27. The first-order valence-electron chi connectivity index (χ1n) is 3.20. The zero-order valence-electron chi connectivity index (χ0n) is 5.97. The predicted molar refractivity (Wildman–Crippen MR) is 44.0 cm³/mol. The summed E-state index contributed by atoms with van der Waals surface area (Å²) in [6.07, 6.45) is 1.56. The average Bonchev–Trinajstić information content (AvgIpc) is 1.96. The minimum atomic E-state index is -0.721. The van der Waals surface area contributed by atoms with E-state index in [0.717, 1.165) is 6.07 Å². The number of aryl methyl sites for hydroxylation is 1. The van der Waals surface area contributed by atoms with Gasteiger partial charge in [-0.05, 0) is 28.9 Å². The number of rotatable bonds is 1. The Balaban J connectivity index is 3.37. The van der Waals surface area contributed by atoms with E-state index in [1.54, 1.807) is 13.1 Å². The molecule has 0 aliphatic rings. The highest BCUT2D eigenvalue weighted by atomic mass is 79.9. The Kier molecular flexibility index (Phi) is 2.44. The molecule has 11 heavy (non-hydrogen) atoms. The van der Waals surface area contributed by atoms with Gasteiger partial charge in [0.25, 0.3) is 5.56 Å². The third kappa shape index (κ3) is 1.68. The molecule has 1 aromatic rings. The van der Waals surface area contributed by atoms with Crippen LogP contribution in [0.4, 0.5) is 4.39 Å². The summed E-state index contributed by atoms with van der Waals surface area (Å²) in [5.41, 5.74) is -0.573. The molecule has 0 aliphatic carbocycles. The maximum absolute atomic E-state index is 12.7. The Morgan fingerprint density at radius 1 is 1.73 bits per heavy atom. The summed E-state index contributed by atoms with van der Waals surface area (Å²) >= 11 is 3.09. The van der Waals surface area contributed by atoms with Crippen molar-refractivity contribution in [2.45, 2.75) is 13.5 Å². The van der Waals surface area contributed by atoms with Crippen LogP contribution in [-0.2, 0) is 6.54 Å². The van der Waals surface area contributed by atoms with E-state index in [1.165, 1.54) is 4.57 Å². The molecule has 0 spiro atoms. The number of pyridine rings is 1. The van der Waals surface area contributed by atoms with Gasteiger partial charge in [-0.25, -0.2) is 4.39 Å². The summed E-state index contributed by atoms with van der Waals surface area (Å²) in [5, 5.41) is 0. The van der Waals surface area contributed by atoms with Crippen LogP contribution in [-0.4, -0.2) is 4.57 Å². The predicted octanol–water partition coefficient (Wildman–Crippen LogP) is 1.77. The van der Waals surface area contributed by atoms with Crippen molar-refractivity contribution < 1.29 is 4.39 Å². The highest BCUT2D eigenvalue weighted by Gasteiger charge is 2.01.